The van der Waals surface area contributed by atoms with E-state index in [1.54, 1.807) is 36.4 Å². The lowest BCUT2D eigenvalue weighted by molar-refractivity contribution is 0.0685. The van der Waals surface area contributed by atoms with Gasteiger partial charge in [-0.15, -0.1) is 0 Å². The molecule has 7 N–H and O–H groups in total. The van der Waals surface area contributed by atoms with E-state index >= 15 is 0 Å². The number of aromatic amines is 1. The highest BCUT2D eigenvalue weighted by Crippen LogP contribution is 2.26. The number of hydrogen-bond donors (Lipinski definition) is 6. The maximum absolute atomic E-state index is 13.1. The van der Waals surface area contributed by atoms with E-state index in [1.165, 1.54) is 25.7 Å². The van der Waals surface area contributed by atoms with Gasteiger partial charge in [-0.05, 0) is 74.2 Å². The van der Waals surface area contributed by atoms with Crippen LogP contribution in [0.4, 0.5) is 10.5 Å². The standard InChI is InChI=1S/C34H48N6O5/c1-2-3-4-5-6-7-17-37-34(44)38-26-13-11-25(12-14-26)33(43)40-18-15-24(16-19-40)21-36-22-27(41)23-45-31-10-8-9-29-28(31)20-30(39-29)32(35)42/h8-14,20,24,27,36,39,41H,2-7,15-19,21-23H2,1H3,(H2,35,42)(H2,37,38,44). The minimum atomic E-state index is -0.708. The third kappa shape index (κ3) is 10.5. The van der Waals surface area contributed by atoms with Crippen LogP contribution >= 0.6 is 0 Å². The van der Waals surface area contributed by atoms with Gasteiger partial charge in [0.25, 0.3) is 11.8 Å². The third-order valence-corrected chi connectivity index (χ3v) is 8.24. The molecule has 0 saturated carbocycles. The molecule has 0 radical (unpaired) electrons. The molecular formula is C34H48N6O5. The predicted molar refractivity (Wildman–Crippen MR) is 177 cm³/mol. The Hall–Kier alpha value is -4.09. The Balaban J connectivity index is 1.10. The number of amides is 4. The number of benzene rings is 2. The van der Waals surface area contributed by atoms with Crippen LogP contribution in [0.25, 0.3) is 10.9 Å². The average molecular weight is 621 g/mol. The number of ether oxygens (including phenoxy) is 1. The van der Waals surface area contributed by atoms with Gasteiger partial charge in [0.1, 0.15) is 24.2 Å². The van der Waals surface area contributed by atoms with E-state index in [0.29, 0.717) is 54.8 Å². The fourth-order valence-corrected chi connectivity index (χ4v) is 5.59. The van der Waals surface area contributed by atoms with Gasteiger partial charge in [0.05, 0.1) is 0 Å². The van der Waals surface area contributed by atoms with Crippen LogP contribution in [0.15, 0.2) is 48.5 Å². The molecule has 2 heterocycles. The van der Waals surface area contributed by atoms with Crippen molar-refractivity contribution in [2.45, 2.75) is 64.4 Å². The summed E-state index contributed by atoms with van der Waals surface area (Å²) < 4.78 is 5.83. The largest absolute Gasteiger partial charge is 0.490 e. The van der Waals surface area contributed by atoms with Crippen LogP contribution in [0.5, 0.6) is 5.75 Å². The summed E-state index contributed by atoms with van der Waals surface area (Å²) in [6.07, 6.45) is 8.10. The van der Waals surface area contributed by atoms with Crippen molar-refractivity contribution < 1.29 is 24.2 Å². The van der Waals surface area contributed by atoms with Gasteiger partial charge in [0, 0.05) is 48.3 Å². The molecule has 4 rings (SSSR count). The quantitative estimate of drug-likeness (QED) is 0.121. The van der Waals surface area contributed by atoms with E-state index in [1.807, 2.05) is 17.0 Å². The van der Waals surface area contributed by atoms with Crippen LogP contribution < -0.4 is 26.4 Å². The second kappa shape index (κ2) is 17.4. The van der Waals surface area contributed by atoms with Gasteiger partial charge in [-0.2, -0.15) is 0 Å². The van der Waals surface area contributed by atoms with Gasteiger partial charge in [0.2, 0.25) is 0 Å². The van der Waals surface area contributed by atoms with Crippen LogP contribution in [0, 0.1) is 5.92 Å². The second-order valence-corrected chi connectivity index (χ2v) is 11.8. The second-order valence-electron chi connectivity index (χ2n) is 11.8. The lowest BCUT2D eigenvalue weighted by Gasteiger charge is -2.32. The number of fused-ring (bicyclic) bond motifs is 1. The van der Waals surface area contributed by atoms with Crippen LogP contribution in [-0.2, 0) is 0 Å². The van der Waals surface area contributed by atoms with E-state index < -0.39 is 12.0 Å². The van der Waals surface area contributed by atoms with Gasteiger partial charge in [-0.3, -0.25) is 9.59 Å². The van der Waals surface area contributed by atoms with Gasteiger partial charge >= 0.3 is 6.03 Å². The molecule has 0 aliphatic carbocycles. The number of nitrogens with zero attached hydrogens (tertiary/aromatic N) is 1. The highest BCUT2D eigenvalue weighted by Gasteiger charge is 2.24. The van der Waals surface area contributed by atoms with Crippen molar-refractivity contribution >= 4 is 34.4 Å². The number of aromatic nitrogens is 1. The molecule has 1 aliphatic rings. The first-order valence-electron chi connectivity index (χ1n) is 16.2. The third-order valence-electron chi connectivity index (χ3n) is 8.24. The number of primary amides is 1. The zero-order valence-corrected chi connectivity index (χ0v) is 26.3. The molecule has 45 heavy (non-hydrogen) atoms. The number of rotatable bonds is 17. The number of hydrogen-bond acceptors (Lipinski definition) is 6. The number of aliphatic hydroxyl groups excluding tert-OH is 1. The smallest absolute Gasteiger partial charge is 0.319 e. The van der Waals surface area contributed by atoms with Crippen molar-refractivity contribution in [1.82, 2.24) is 20.5 Å². The molecule has 2 aromatic carbocycles. The Morgan fingerprint density at radius 2 is 1.78 bits per heavy atom. The minimum Gasteiger partial charge on any atom is -0.490 e. The summed E-state index contributed by atoms with van der Waals surface area (Å²) in [7, 11) is 0. The molecule has 0 bridgehead atoms. The monoisotopic (exact) mass is 620 g/mol. The number of nitrogens with two attached hydrogens (primary N) is 1. The normalized spacial score (nSPS) is 14.3. The summed E-state index contributed by atoms with van der Waals surface area (Å²) in [6, 6.07) is 13.9. The molecule has 0 spiro atoms. The average Bonchev–Trinajstić information content (AvgIpc) is 3.49. The van der Waals surface area contributed by atoms with E-state index in [4.69, 9.17) is 10.5 Å². The van der Waals surface area contributed by atoms with Crippen molar-refractivity contribution in [3.05, 3.63) is 59.8 Å². The highest BCUT2D eigenvalue weighted by molar-refractivity contribution is 5.99. The molecule has 1 aromatic heterocycles. The van der Waals surface area contributed by atoms with Crippen molar-refractivity contribution in [1.29, 1.82) is 0 Å². The lowest BCUT2D eigenvalue weighted by atomic mass is 9.96. The Labute approximate surface area is 265 Å². The van der Waals surface area contributed by atoms with E-state index in [0.717, 1.165) is 43.1 Å². The van der Waals surface area contributed by atoms with Crippen LogP contribution in [0.2, 0.25) is 0 Å². The number of piperidine rings is 1. The number of unbranched alkanes of at least 4 members (excludes halogenated alkanes) is 5. The Kier molecular flexibility index (Phi) is 13.1. The van der Waals surface area contributed by atoms with E-state index in [9.17, 15) is 19.5 Å². The van der Waals surface area contributed by atoms with Crippen molar-refractivity contribution in [3.63, 3.8) is 0 Å². The van der Waals surface area contributed by atoms with Crippen molar-refractivity contribution in [2.24, 2.45) is 11.7 Å². The van der Waals surface area contributed by atoms with Crippen LogP contribution in [0.1, 0.15) is 79.1 Å². The first-order chi connectivity index (χ1) is 21.8. The van der Waals surface area contributed by atoms with Gasteiger partial charge < -0.3 is 41.4 Å². The van der Waals surface area contributed by atoms with Gasteiger partial charge in [0.15, 0.2) is 0 Å². The topological polar surface area (TPSA) is 162 Å². The summed E-state index contributed by atoms with van der Waals surface area (Å²) in [4.78, 5) is 41.5. The number of nitrogens with one attached hydrogen (secondary N) is 4. The number of carbonyl (C=O) groups is 3. The lowest BCUT2D eigenvalue weighted by Crippen LogP contribution is -2.42. The fourth-order valence-electron chi connectivity index (χ4n) is 5.59. The summed E-state index contributed by atoms with van der Waals surface area (Å²) in [5, 5.41) is 20.2. The number of anilines is 1. The Morgan fingerprint density at radius 1 is 1.04 bits per heavy atom. The summed E-state index contributed by atoms with van der Waals surface area (Å²) in [6.45, 7) is 5.43. The zero-order chi connectivity index (χ0) is 32.0. The molecule has 1 saturated heterocycles. The van der Waals surface area contributed by atoms with Gasteiger partial charge in [-0.25, -0.2) is 4.79 Å². The Bertz CT molecular complexity index is 1380. The summed E-state index contributed by atoms with van der Waals surface area (Å²) in [5.41, 5.74) is 7.68. The zero-order valence-electron chi connectivity index (χ0n) is 26.3. The van der Waals surface area contributed by atoms with Crippen LogP contribution in [-0.4, -0.2) is 78.3 Å². The SMILES string of the molecule is CCCCCCCCNC(=O)Nc1ccc(C(=O)N2CCC(CNCC(O)COc3cccc4[nH]c(C(N)=O)cc34)CC2)cc1. The first-order valence-corrected chi connectivity index (χ1v) is 16.2. The number of aliphatic hydroxyl groups is 1. The molecule has 1 aliphatic heterocycles. The predicted octanol–water partition coefficient (Wildman–Crippen LogP) is 4.63. The minimum absolute atomic E-state index is 0.00607. The molecular weight excluding hydrogens is 572 g/mol. The maximum atomic E-state index is 13.1. The molecule has 11 heteroatoms. The summed E-state index contributed by atoms with van der Waals surface area (Å²) in [5.74, 6) is 0.430. The molecule has 1 unspecified atom stereocenters. The van der Waals surface area contributed by atoms with Crippen LogP contribution in [0.3, 0.4) is 0 Å². The number of carbonyl (C=O) groups excluding carboxylic acids is 3. The molecule has 11 nitrogen and oxygen atoms in total. The van der Waals surface area contributed by atoms with Crippen molar-refractivity contribution in [2.75, 3.05) is 44.6 Å². The number of urea groups is 1. The molecule has 4 amide bonds. The van der Waals surface area contributed by atoms with E-state index in [2.05, 4.69) is 27.9 Å². The summed E-state index contributed by atoms with van der Waals surface area (Å²) >= 11 is 0. The molecule has 1 atom stereocenters. The number of H-pyrrole nitrogens is 1. The van der Waals surface area contributed by atoms with Gasteiger partial charge in [-0.1, -0.05) is 45.1 Å². The molecule has 3 aromatic rings. The molecule has 1 fully saturated rings. The number of likely N-dealkylation sites (tertiary alicyclic amines) is 1. The maximum Gasteiger partial charge on any atom is 0.319 e. The fraction of sp³-hybridized carbons (Fsp3) is 0.500. The molecule has 244 valence electrons. The van der Waals surface area contributed by atoms with Crippen molar-refractivity contribution in [3.8, 4) is 5.75 Å². The first kappa shape index (κ1) is 33.8. The Morgan fingerprint density at radius 3 is 2.51 bits per heavy atom. The van der Waals surface area contributed by atoms with E-state index in [-0.39, 0.29) is 18.5 Å². The highest BCUT2D eigenvalue weighted by atomic mass is 16.5.